The van der Waals surface area contributed by atoms with Crippen LogP contribution in [0.25, 0.3) is 10.9 Å². The molecule has 22 heavy (non-hydrogen) atoms. The van der Waals surface area contributed by atoms with E-state index in [0.717, 1.165) is 10.9 Å². The van der Waals surface area contributed by atoms with Crippen LogP contribution in [0.15, 0.2) is 53.5 Å². The fourth-order valence-electron chi connectivity index (χ4n) is 2.22. The van der Waals surface area contributed by atoms with Crippen molar-refractivity contribution in [3.05, 3.63) is 59.7 Å². The van der Waals surface area contributed by atoms with Crippen molar-refractivity contribution in [3.63, 3.8) is 0 Å². The zero-order valence-corrected chi connectivity index (χ0v) is 11.9. The molecular formula is C17H14N2O3. The van der Waals surface area contributed by atoms with E-state index in [0.29, 0.717) is 16.8 Å². The summed E-state index contributed by atoms with van der Waals surface area (Å²) in [5.41, 5.74) is 2.63. The maximum atomic E-state index is 11.4. The third-order valence-electron chi connectivity index (χ3n) is 3.36. The van der Waals surface area contributed by atoms with Crippen LogP contribution in [0, 0.1) is 0 Å². The van der Waals surface area contributed by atoms with Gasteiger partial charge in [0, 0.05) is 17.1 Å². The second kappa shape index (κ2) is 5.73. The number of methoxy groups -OCH3 is 1. The lowest BCUT2D eigenvalue weighted by molar-refractivity contribution is 0.0601. The lowest BCUT2D eigenvalue weighted by Gasteiger charge is -1.99. The molecule has 0 spiro atoms. The van der Waals surface area contributed by atoms with Crippen molar-refractivity contribution in [1.82, 2.24) is 4.98 Å². The molecule has 0 unspecified atom stereocenters. The summed E-state index contributed by atoms with van der Waals surface area (Å²) in [6, 6.07) is 14.3. The fourth-order valence-corrected chi connectivity index (χ4v) is 2.22. The van der Waals surface area contributed by atoms with Crippen LogP contribution in [-0.4, -0.2) is 29.4 Å². The third-order valence-corrected chi connectivity index (χ3v) is 3.36. The van der Waals surface area contributed by atoms with Crippen molar-refractivity contribution in [2.24, 2.45) is 4.99 Å². The number of aromatic amines is 1. The van der Waals surface area contributed by atoms with Crippen LogP contribution < -0.4 is 0 Å². The Morgan fingerprint density at radius 3 is 2.64 bits per heavy atom. The topological polar surface area (TPSA) is 74.7 Å². The number of benzene rings is 2. The molecule has 110 valence electrons. The number of nitrogens with one attached hydrogen (secondary N) is 1. The lowest BCUT2D eigenvalue weighted by atomic mass is 10.2. The first-order valence-corrected chi connectivity index (χ1v) is 6.71. The Labute approximate surface area is 126 Å². The minimum absolute atomic E-state index is 0.0798. The van der Waals surface area contributed by atoms with E-state index in [-0.39, 0.29) is 11.8 Å². The summed E-state index contributed by atoms with van der Waals surface area (Å²) in [5, 5.41) is 10.9. The molecule has 0 aliphatic carbocycles. The van der Waals surface area contributed by atoms with Gasteiger partial charge in [0.15, 0.2) is 5.88 Å². The maximum absolute atomic E-state index is 11.4. The van der Waals surface area contributed by atoms with Gasteiger partial charge in [0.1, 0.15) is 0 Å². The molecule has 2 aromatic carbocycles. The molecule has 0 atom stereocenters. The average molecular weight is 294 g/mol. The van der Waals surface area contributed by atoms with Gasteiger partial charge in [-0.25, -0.2) is 4.79 Å². The van der Waals surface area contributed by atoms with Gasteiger partial charge in [-0.05, 0) is 30.3 Å². The number of rotatable bonds is 3. The lowest BCUT2D eigenvalue weighted by Crippen LogP contribution is -1.99. The predicted molar refractivity (Wildman–Crippen MR) is 85.0 cm³/mol. The molecule has 0 saturated carbocycles. The minimum Gasteiger partial charge on any atom is -0.494 e. The highest BCUT2D eigenvalue weighted by Gasteiger charge is 2.08. The van der Waals surface area contributed by atoms with Crippen LogP contribution in [-0.2, 0) is 4.74 Å². The van der Waals surface area contributed by atoms with E-state index in [2.05, 4.69) is 14.7 Å². The van der Waals surface area contributed by atoms with Gasteiger partial charge >= 0.3 is 5.97 Å². The zero-order valence-electron chi connectivity index (χ0n) is 11.9. The summed E-state index contributed by atoms with van der Waals surface area (Å²) in [6.07, 6.45) is 1.60. The van der Waals surface area contributed by atoms with Crippen molar-refractivity contribution < 1.29 is 14.6 Å². The molecule has 0 radical (unpaired) electrons. The number of hydrogen-bond donors (Lipinski definition) is 2. The van der Waals surface area contributed by atoms with Gasteiger partial charge in [0.25, 0.3) is 0 Å². The molecule has 5 heteroatoms. The molecule has 0 fully saturated rings. The Morgan fingerprint density at radius 2 is 1.91 bits per heavy atom. The molecule has 3 rings (SSSR count). The van der Waals surface area contributed by atoms with Crippen molar-refractivity contribution in [3.8, 4) is 5.88 Å². The first-order chi connectivity index (χ1) is 10.7. The number of fused-ring (bicyclic) bond motifs is 1. The maximum Gasteiger partial charge on any atom is 0.337 e. The Kier molecular flexibility index (Phi) is 3.62. The van der Waals surface area contributed by atoms with Gasteiger partial charge in [0.2, 0.25) is 0 Å². The molecular weight excluding hydrogens is 280 g/mol. The monoisotopic (exact) mass is 294 g/mol. The minimum atomic E-state index is -0.384. The van der Waals surface area contributed by atoms with Crippen molar-refractivity contribution in [1.29, 1.82) is 0 Å². The van der Waals surface area contributed by atoms with Gasteiger partial charge < -0.3 is 14.8 Å². The van der Waals surface area contributed by atoms with Crippen LogP contribution >= 0.6 is 0 Å². The quantitative estimate of drug-likeness (QED) is 0.574. The van der Waals surface area contributed by atoms with Crippen LogP contribution in [0.2, 0.25) is 0 Å². The molecule has 3 aromatic rings. The smallest absolute Gasteiger partial charge is 0.337 e. The van der Waals surface area contributed by atoms with Crippen molar-refractivity contribution >= 4 is 28.8 Å². The number of para-hydroxylation sites is 1. The van der Waals surface area contributed by atoms with Crippen LogP contribution in [0.5, 0.6) is 5.88 Å². The fraction of sp³-hybridized carbons (Fsp3) is 0.0588. The van der Waals surface area contributed by atoms with E-state index in [9.17, 15) is 9.90 Å². The number of H-pyrrole nitrogens is 1. The van der Waals surface area contributed by atoms with Crippen LogP contribution in [0.3, 0.4) is 0 Å². The molecule has 0 saturated heterocycles. The zero-order chi connectivity index (χ0) is 15.5. The molecule has 0 aliphatic heterocycles. The van der Waals surface area contributed by atoms with Crippen molar-refractivity contribution in [2.45, 2.75) is 0 Å². The van der Waals surface area contributed by atoms with E-state index in [1.54, 1.807) is 30.5 Å². The number of carbonyl (C=O) groups excluding carboxylic acids is 1. The van der Waals surface area contributed by atoms with E-state index >= 15 is 0 Å². The van der Waals surface area contributed by atoms with Gasteiger partial charge in [-0.1, -0.05) is 18.2 Å². The largest absolute Gasteiger partial charge is 0.494 e. The Bertz CT molecular complexity index is 848. The molecule has 0 amide bonds. The van der Waals surface area contributed by atoms with Gasteiger partial charge in [-0.3, -0.25) is 4.99 Å². The Balaban J connectivity index is 1.90. The van der Waals surface area contributed by atoms with Gasteiger partial charge in [0.05, 0.1) is 23.9 Å². The molecule has 1 heterocycles. The second-order valence-electron chi connectivity index (χ2n) is 4.73. The molecule has 5 nitrogen and oxygen atoms in total. The number of aromatic hydroxyl groups is 1. The van der Waals surface area contributed by atoms with Crippen molar-refractivity contribution in [2.75, 3.05) is 7.11 Å². The first-order valence-electron chi connectivity index (χ1n) is 6.71. The Hall–Kier alpha value is -3.08. The molecule has 0 bridgehead atoms. The number of carbonyl (C=O) groups is 1. The summed E-state index contributed by atoms with van der Waals surface area (Å²) in [4.78, 5) is 18.6. The summed E-state index contributed by atoms with van der Waals surface area (Å²) < 4.78 is 4.64. The SMILES string of the molecule is COC(=O)c1ccc(N=Cc2c(O)[nH]c3ccccc23)cc1. The van der Waals surface area contributed by atoms with Crippen LogP contribution in [0.4, 0.5) is 5.69 Å². The van der Waals surface area contributed by atoms with E-state index in [1.165, 1.54) is 7.11 Å². The summed E-state index contributed by atoms with van der Waals surface area (Å²) in [7, 11) is 1.34. The normalized spacial score (nSPS) is 11.1. The third kappa shape index (κ3) is 2.56. The molecule has 2 N–H and O–H groups in total. The predicted octanol–water partition coefficient (Wildman–Crippen LogP) is 3.41. The number of aliphatic imine (C=N–C) groups is 1. The standard InChI is InChI=1S/C17H14N2O3/c1-22-17(21)11-6-8-12(9-7-11)18-10-14-13-4-2-3-5-15(13)19-16(14)20/h2-10,19-20H,1H3. The summed E-state index contributed by atoms with van der Waals surface area (Å²) in [5.74, 6) is -0.305. The Morgan fingerprint density at radius 1 is 1.18 bits per heavy atom. The first kappa shape index (κ1) is 13.9. The number of ether oxygens (including phenoxy) is 1. The summed E-state index contributed by atoms with van der Waals surface area (Å²) in [6.45, 7) is 0. The number of hydrogen-bond acceptors (Lipinski definition) is 4. The van der Waals surface area contributed by atoms with Gasteiger partial charge in [-0.15, -0.1) is 0 Å². The second-order valence-corrected chi connectivity index (χ2v) is 4.73. The van der Waals surface area contributed by atoms with Gasteiger partial charge in [-0.2, -0.15) is 0 Å². The van der Waals surface area contributed by atoms with E-state index < -0.39 is 0 Å². The average Bonchev–Trinajstić information content (AvgIpc) is 2.88. The summed E-state index contributed by atoms with van der Waals surface area (Å²) >= 11 is 0. The highest BCUT2D eigenvalue weighted by atomic mass is 16.5. The molecule has 1 aromatic heterocycles. The van der Waals surface area contributed by atoms with E-state index in [4.69, 9.17) is 0 Å². The highest BCUT2D eigenvalue weighted by molar-refractivity contribution is 6.02. The number of aromatic nitrogens is 1. The number of esters is 1. The highest BCUT2D eigenvalue weighted by Crippen LogP contribution is 2.26. The molecule has 0 aliphatic rings. The van der Waals surface area contributed by atoms with Crippen LogP contribution in [0.1, 0.15) is 15.9 Å². The number of nitrogens with zero attached hydrogens (tertiary/aromatic N) is 1. The van der Waals surface area contributed by atoms with E-state index in [1.807, 2.05) is 24.3 Å².